The van der Waals surface area contributed by atoms with Crippen molar-refractivity contribution in [1.82, 2.24) is 4.90 Å². The molecule has 94 valence electrons. The van der Waals surface area contributed by atoms with E-state index in [9.17, 15) is 9.50 Å². The van der Waals surface area contributed by atoms with Crippen molar-refractivity contribution in [1.29, 1.82) is 0 Å². The molecule has 1 heterocycles. The Hall–Kier alpha value is -0.970. The molecule has 0 aromatic heterocycles. The van der Waals surface area contributed by atoms with Crippen molar-refractivity contribution in [2.24, 2.45) is 5.73 Å². The van der Waals surface area contributed by atoms with Crippen LogP contribution in [0.4, 0.5) is 4.39 Å². The SMILES string of the molecule is CC1(O)CCN(Cc2ccc(CN)cc2F)C1. The number of rotatable bonds is 3. The van der Waals surface area contributed by atoms with Crippen LogP contribution >= 0.6 is 0 Å². The third-order valence-electron chi connectivity index (χ3n) is 3.28. The molecule has 1 atom stereocenters. The van der Waals surface area contributed by atoms with E-state index < -0.39 is 5.60 Å². The Kier molecular flexibility index (Phi) is 3.47. The van der Waals surface area contributed by atoms with Gasteiger partial charge < -0.3 is 10.8 Å². The zero-order valence-electron chi connectivity index (χ0n) is 10.1. The fourth-order valence-corrected chi connectivity index (χ4v) is 2.26. The number of aliphatic hydroxyl groups is 1. The van der Waals surface area contributed by atoms with Gasteiger partial charge >= 0.3 is 0 Å². The molecule has 0 saturated carbocycles. The average molecular weight is 238 g/mol. The highest BCUT2D eigenvalue weighted by Crippen LogP contribution is 2.23. The number of hydrogen-bond donors (Lipinski definition) is 2. The van der Waals surface area contributed by atoms with Crippen LogP contribution in [0.25, 0.3) is 0 Å². The van der Waals surface area contributed by atoms with E-state index in [1.807, 2.05) is 13.0 Å². The monoisotopic (exact) mass is 238 g/mol. The molecular formula is C13H19FN2O. The molecule has 3 nitrogen and oxygen atoms in total. The summed E-state index contributed by atoms with van der Waals surface area (Å²) < 4.78 is 13.7. The highest BCUT2D eigenvalue weighted by atomic mass is 19.1. The van der Waals surface area contributed by atoms with Crippen LogP contribution in [0.3, 0.4) is 0 Å². The van der Waals surface area contributed by atoms with Gasteiger partial charge in [0.15, 0.2) is 0 Å². The van der Waals surface area contributed by atoms with Crippen LogP contribution in [0.15, 0.2) is 18.2 Å². The molecule has 2 rings (SSSR count). The molecule has 17 heavy (non-hydrogen) atoms. The molecule has 0 spiro atoms. The van der Waals surface area contributed by atoms with Crippen molar-refractivity contribution < 1.29 is 9.50 Å². The number of hydrogen-bond acceptors (Lipinski definition) is 3. The molecule has 0 amide bonds. The molecule has 1 unspecified atom stereocenters. The fraction of sp³-hybridized carbons (Fsp3) is 0.538. The van der Waals surface area contributed by atoms with Crippen molar-refractivity contribution in [2.45, 2.75) is 32.0 Å². The maximum absolute atomic E-state index is 13.7. The van der Waals surface area contributed by atoms with Crippen LogP contribution in [0, 0.1) is 5.82 Å². The van der Waals surface area contributed by atoms with Gasteiger partial charge in [0.25, 0.3) is 0 Å². The average Bonchev–Trinajstić information content (AvgIpc) is 2.61. The number of halogens is 1. The predicted octanol–water partition coefficient (Wildman–Crippen LogP) is 1.24. The summed E-state index contributed by atoms with van der Waals surface area (Å²) in [5, 5.41) is 9.84. The second kappa shape index (κ2) is 4.72. The van der Waals surface area contributed by atoms with E-state index in [2.05, 4.69) is 4.90 Å². The summed E-state index contributed by atoms with van der Waals surface area (Å²) in [6.07, 6.45) is 0.746. The Morgan fingerprint density at radius 1 is 1.53 bits per heavy atom. The van der Waals surface area contributed by atoms with Gasteiger partial charge in [0.05, 0.1) is 5.60 Å². The molecule has 1 saturated heterocycles. The van der Waals surface area contributed by atoms with Crippen LogP contribution < -0.4 is 5.73 Å². The van der Waals surface area contributed by atoms with Crippen molar-refractivity contribution in [3.05, 3.63) is 35.1 Å². The molecule has 3 N–H and O–H groups in total. The first-order valence-electron chi connectivity index (χ1n) is 5.92. The molecule has 1 fully saturated rings. The van der Waals surface area contributed by atoms with E-state index in [1.165, 1.54) is 6.07 Å². The Morgan fingerprint density at radius 2 is 2.29 bits per heavy atom. The molecule has 4 heteroatoms. The maximum atomic E-state index is 13.7. The number of likely N-dealkylation sites (tertiary alicyclic amines) is 1. The van der Waals surface area contributed by atoms with Crippen molar-refractivity contribution in [2.75, 3.05) is 13.1 Å². The lowest BCUT2D eigenvalue weighted by atomic mass is 10.1. The first kappa shape index (κ1) is 12.5. The lowest BCUT2D eigenvalue weighted by Crippen LogP contribution is -2.29. The molecule has 1 aliphatic rings. The topological polar surface area (TPSA) is 49.5 Å². The zero-order chi connectivity index (χ0) is 12.5. The second-order valence-corrected chi connectivity index (χ2v) is 5.09. The van der Waals surface area contributed by atoms with E-state index in [-0.39, 0.29) is 5.82 Å². The minimum absolute atomic E-state index is 0.209. The van der Waals surface area contributed by atoms with Gasteiger partial charge in [-0.1, -0.05) is 12.1 Å². The van der Waals surface area contributed by atoms with Gasteiger partial charge in [0.2, 0.25) is 0 Å². The quantitative estimate of drug-likeness (QED) is 0.833. The van der Waals surface area contributed by atoms with Gasteiger partial charge in [0, 0.05) is 31.7 Å². The molecule has 1 aromatic rings. The van der Waals surface area contributed by atoms with Crippen LogP contribution in [0.2, 0.25) is 0 Å². The summed E-state index contributed by atoms with van der Waals surface area (Å²) in [6, 6.07) is 5.13. The van der Waals surface area contributed by atoms with E-state index in [0.29, 0.717) is 25.2 Å². The molecule has 1 aliphatic heterocycles. The summed E-state index contributed by atoms with van der Waals surface area (Å²) in [5.41, 5.74) is 6.30. The molecular weight excluding hydrogens is 219 g/mol. The van der Waals surface area contributed by atoms with Gasteiger partial charge in [-0.15, -0.1) is 0 Å². The summed E-state index contributed by atoms with van der Waals surface area (Å²) in [7, 11) is 0. The zero-order valence-corrected chi connectivity index (χ0v) is 10.1. The maximum Gasteiger partial charge on any atom is 0.128 e. The number of nitrogens with two attached hydrogens (primary N) is 1. The molecule has 0 radical (unpaired) electrons. The van der Waals surface area contributed by atoms with Crippen molar-refractivity contribution in [3.8, 4) is 0 Å². The highest BCUT2D eigenvalue weighted by molar-refractivity contribution is 5.24. The normalized spacial score (nSPS) is 25.4. The van der Waals surface area contributed by atoms with Crippen molar-refractivity contribution in [3.63, 3.8) is 0 Å². The molecule has 0 bridgehead atoms. The molecule has 1 aromatic carbocycles. The smallest absolute Gasteiger partial charge is 0.128 e. The standard InChI is InChI=1S/C13H19FN2O/c1-13(17)4-5-16(9-13)8-11-3-2-10(7-15)6-12(11)14/h2-3,6,17H,4-5,7-9,15H2,1H3. The summed E-state index contributed by atoms with van der Waals surface area (Å²) in [6.45, 7) is 4.14. The van der Waals surface area contributed by atoms with Gasteiger partial charge in [-0.25, -0.2) is 4.39 Å². The highest BCUT2D eigenvalue weighted by Gasteiger charge is 2.31. The van der Waals surface area contributed by atoms with Gasteiger partial charge in [-0.2, -0.15) is 0 Å². The number of β-amino-alcohol motifs (C(OH)–C–C–N with tert-alkyl or cyclic N) is 1. The van der Waals surface area contributed by atoms with Crippen molar-refractivity contribution >= 4 is 0 Å². The minimum atomic E-state index is -0.631. The fourth-order valence-electron chi connectivity index (χ4n) is 2.26. The van der Waals surface area contributed by atoms with Gasteiger partial charge in [-0.05, 0) is 25.0 Å². The van der Waals surface area contributed by atoms with Crippen LogP contribution in [0.5, 0.6) is 0 Å². The lowest BCUT2D eigenvalue weighted by Gasteiger charge is -2.19. The third kappa shape index (κ3) is 3.03. The van der Waals surface area contributed by atoms with Gasteiger partial charge in [0.1, 0.15) is 5.82 Å². The Balaban J connectivity index is 2.04. The molecule has 0 aliphatic carbocycles. The second-order valence-electron chi connectivity index (χ2n) is 5.09. The van der Waals surface area contributed by atoms with Crippen LogP contribution in [0.1, 0.15) is 24.5 Å². The van der Waals surface area contributed by atoms with E-state index in [1.54, 1.807) is 6.07 Å². The first-order chi connectivity index (χ1) is 8.00. The Bertz CT molecular complexity index is 406. The first-order valence-corrected chi connectivity index (χ1v) is 5.92. The number of benzene rings is 1. The van der Waals surface area contributed by atoms with Gasteiger partial charge in [-0.3, -0.25) is 4.90 Å². The van der Waals surface area contributed by atoms with E-state index >= 15 is 0 Å². The van der Waals surface area contributed by atoms with Crippen LogP contribution in [-0.2, 0) is 13.1 Å². The summed E-state index contributed by atoms with van der Waals surface area (Å²) in [5.74, 6) is -0.209. The Labute approximate surface area is 101 Å². The van der Waals surface area contributed by atoms with E-state index in [0.717, 1.165) is 18.5 Å². The summed E-state index contributed by atoms with van der Waals surface area (Å²) >= 11 is 0. The lowest BCUT2D eigenvalue weighted by molar-refractivity contribution is 0.0677. The predicted molar refractivity (Wildman–Crippen MR) is 64.8 cm³/mol. The Morgan fingerprint density at radius 3 is 2.82 bits per heavy atom. The largest absolute Gasteiger partial charge is 0.389 e. The third-order valence-corrected chi connectivity index (χ3v) is 3.28. The van der Waals surface area contributed by atoms with E-state index in [4.69, 9.17) is 5.73 Å². The minimum Gasteiger partial charge on any atom is -0.389 e. The summed E-state index contributed by atoms with van der Waals surface area (Å²) in [4.78, 5) is 2.07. The van der Waals surface area contributed by atoms with Crippen LogP contribution in [-0.4, -0.2) is 28.7 Å². The number of nitrogens with zero attached hydrogens (tertiary/aromatic N) is 1.